The zero-order valence-corrected chi connectivity index (χ0v) is 13.3. The van der Waals surface area contributed by atoms with E-state index in [9.17, 15) is 14.7 Å². The Morgan fingerprint density at radius 1 is 1.17 bits per heavy atom. The van der Waals surface area contributed by atoms with Crippen molar-refractivity contribution in [1.29, 1.82) is 0 Å². The Bertz CT molecular complexity index is 753. The minimum absolute atomic E-state index is 0.201. The first-order chi connectivity index (χ1) is 11.6. The molecule has 2 aromatic carbocycles. The van der Waals surface area contributed by atoms with E-state index in [0.717, 1.165) is 10.0 Å². The third-order valence-corrected chi connectivity index (χ3v) is 3.82. The number of hydrogen-bond acceptors (Lipinski definition) is 4. The molecule has 6 nitrogen and oxygen atoms in total. The van der Waals surface area contributed by atoms with Gasteiger partial charge in [-0.3, -0.25) is 4.79 Å². The molecule has 1 aliphatic heterocycles. The molecule has 1 unspecified atom stereocenters. The van der Waals surface area contributed by atoms with Gasteiger partial charge in [-0.1, -0.05) is 30.3 Å². The Balaban J connectivity index is 2.08. The first-order valence-electron chi connectivity index (χ1n) is 7.34. The predicted octanol–water partition coefficient (Wildman–Crippen LogP) is 2.24. The van der Waals surface area contributed by atoms with Crippen molar-refractivity contribution in [3.05, 3.63) is 60.2 Å². The van der Waals surface area contributed by atoms with Crippen LogP contribution in [0.15, 0.2) is 54.6 Å². The van der Waals surface area contributed by atoms with Crippen LogP contribution in [0, 0.1) is 0 Å². The van der Waals surface area contributed by atoms with Crippen molar-refractivity contribution >= 4 is 29.3 Å². The number of nitrogens with zero attached hydrogens (tertiary/aromatic N) is 2. The van der Waals surface area contributed by atoms with Crippen LogP contribution in [0.5, 0.6) is 5.75 Å². The van der Waals surface area contributed by atoms with E-state index < -0.39 is 18.2 Å². The lowest BCUT2D eigenvalue weighted by Crippen LogP contribution is -2.61. The Morgan fingerprint density at radius 2 is 1.83 bits per heavy atom. The number of para-hydroxylation sites is 2. The summed E-state index contributed by atoms with van der Waals surface area (Å²) in [5.74, 6) is 0.118. The van der Waals surface area contributed by atoms with Crippen molar-refractivity contribution in [1.82, 2.24) is 5.01 Å². The van der Waals surface area contributed by atoms with Crippen LogP contribution in [0.2, 0.25) is 0 Å². The average molecular weight is 346 g/mol. The van der Waals surface area contributed by atoms with Crippen LogP contribution < -0.4 is 14.9 Å². The molecular weight excluding hydrogens is 332 g/mol. The van der Waals surface area contributed by atoms with Crippen LogP contribution in [-0.4, -0.2) is 29.1 Å². The normalized spacial score (nSPS) is 16.3. The summed E-state index contributed by atoms with van der Waals surface area (Å²) in [5.41, 5.74) is 0.568. The summed E-state index contributed by atoms with van der Waals surface area (Å²) < 4.78 is 5.80. The molecule has 2 aromatic rings. The van der Waals surface area contributed by atoms with Gasteiger partial charge in [-0.25, -0.2) is 10.0 Å². The molecule has 2 amide bonds. The second kappa shape index (κ2) is 6.80. The number of anilines is 1. The van der Waals surface area contributed by atoms with Crippen LogP contribution in [-0.2, 0) is 0 Å². The Labute approximate surface area is 143 Å². The summed E-state index contributed by atoms with van der Waals surface area (Å²) in [6, 6.07) is 14.9. The van der Waals surface area contributed by atoms with Crippen LogP contribution in [0.3, 0.4) is 0 Å². The van der Waals surface area contributed by atoms with Crippen molar-refractivity contribution < 1.29 is 19.4 Å². The summed E-state index contributed by atoms with van der Waals surface area (Å²) in [5, 5.41) is 13.6. The minimum atomic E-state index is -1.53. The molecule has 0 aromatic heterocycles. The lowest BCUT2D eigenvalue weighted by atomic mass is 10.1. The Morgan fingerprint density at radius 3 is 2.50 bits per heavy atom. The molecule has 0 bridgehead atoms. The SMILES string of the molecule is O=C([O-])N(c1ccccc1)N1C(=O)c2ccccc2OC1CCCl. The summed E-state index contributed by atoms with van der Waals surface area (Å²) in [7, 11) is 0. The van der Waals surface area contributed by atoms with Gasteiger partial charge in [0.2, 0.25) is 0 Å². The monoisotopic (exact) mass is 345 g/mol. The van der Waals surface area contributed by atoms with E-state index in [0.29, 0.717) is 5.75 Å². The van der Waals surface area contributed by atoms with Gasteiger partial charge in [-0.2, -0.15) is 0 Å². The highest BCUT2D eigenvalue weighted by molar-refractivity contribution is 6.17. The molecule has 24 heavy (non-hydrogen) atoms. The van der Waals surface area contributed by atoms with Gasteiger partial charge < -0.3 is 14.6 Å². The summed E-state index contributed by atoms with van der Waals surface area (Å²) in [6.45, 7) is 0. The van der Waals surface area contributed by atoms with E-state index >= 15 is 0 Å². The van der Waals surface area contributed by atoms with Crippen molar-refractivity contribution in [3.63, 3.8) is 0 Å². The van der Waals surface area contributed by atoms with Gasteiger partial charge in [0.15, 0.2) is 12.3 Å². The number of fused-ring (bicyclic) bond motifs is 1. The lowest BCUT2D eigenvalue weighted by molar-refractivity contribution is -0.251. The number of alkyl halides is 1. The summed E-state index contributed by atoms with van der Waals surface area (Å²) in [6.07, 6.45) is -2.11. The highest BCUT2D eigenvalue weighted by atomic mass is 35.5. The van der Waals surface area contributed by atoms with Gasteiger partial charge in [0.05, 0.1) is 11.3 Å². The molecule has 1 aliphatic rings. The zero-order valence-electron chi connectivity index (χ0n) is 12.6. The molecule has 0 radical (unpaired) electrons. The van der Waals surface area contributed by atoms with Crippen molar-refractivity contribution in [2.24, 2.45) is 0 Å². The minimum Gasteiger partial charge on any atom is -0.528 e. The van der Waals surface area contributed by atoms with Gasteiger partial charge in [-0.15, -0.1) is 11.6 Å². The third kappa shape index (κ3) is 2.88. The third-order valence-electron chi connectivity index (χ3n) is 3.61. The molecule has 0 fully saturated rings. The molecule has 124 valence electrons. The molecule has 1 heterocycles. The summed E-state index contributed by atoms with van der Waals surface area (Å²) >= 11 is 5.81. The number of hydrogen-bond donors (Lipinski definition) is 0. The van der Waals surface area contributed by atoms with Crippen LogP contribution in [0.25, 0.3) is 0 Å². The van der Waals surface area contributed by atoms with Crippen molar-refractivity contribution in [2.75, 3.05) is 10.9 Å². The molecule has 0 saturated heterocycles. The van der Waals surface area contributed by atoms with Gasteiger partial charge in [0.1, 0.15) is 5.75 Å². The predicted molar refractivity (Wildman–Crippen MR) is 86.7 cm³/mol. The quantitative estimate of drug-likeness (QED) is 0.797. The highest BCUT2D eigenvalue weighted by Gasteiger charge is 2.38. The number of carbonyl (C=O) groups excluding carboxylic acids is 2. The van der Waals surface area contributed by atoms with E-state index in [-0.39, 0.29) is 23.6 Å². The fourth-order valence-electron chi connectivity index (χ4n) is 2.58. The van der Waals surface area contributed by atoms with E-state index in [1.165, 1.54) is 0 Å². The van der Waals surface area contributed by atoms with E-state index in [2.05, 4.69) is 0 Å². The van der Waals surface area contributed by atoms with Gasteiger partial charge in [0.25, 0.3) is 5.91 Å². The first kappa shape index (κ1) is 16.1. The van der Waals surface area contributed by atoms with Crippen LogP contribution in [0.1, 0.15) is 16.8 Å². The average Bonchev–Trinajstić information content (AvgIpc) is 2.59. The molecule has 1 atom stereocenters. The number of halogens is 1. The number of rotatable bonds is 4. The fourth-order valence-corrected chi connectivity index (χ4v) is 2.76. The van der Waals surface area contributed by atoms with E-state index in [4.69, 9.17) is 16.3 Å². The maximum atomic E-state index is 12.9. The van der Waals surface area contributed by atoms with Gasteiger partial charge >= 0.3 is 0 Å². The van der Waals surface area contributed by atoms with Crippen molar-refractivity contribution in [3.8, 4) is 5.75 Å². The Hall–Kier alpha value is -2.73. The smallest absolute Gasteiger partial charge is 0.279 e. The van der Waals surface area contributed by atoms with E-state index in [1.807, 2.05) is 0 Å². The molecule has 0 saturated carbocycles. The Kier molecular flexibility index (Phi) is 4.57. The number of amides is 2. The van der Waals surface area contributed by atoms with Crippen LogP contribution >= 0.6 is 11.6 Å². The van der Waals surface area contributed by atoms with Gasteiger partial charge in [-0.05, 0) is 24.3 Å². The molecule has 0 spiro atoms. The molecule has 0 aliphatic carbocycles. The molecule has 0 N–H and O–H groups in total. The second-order valence-electron chi connectivity index (χ2n) is 5.11. The maximum absolute atomic E-state index is 12.9. The number of benzene rings is 2. The molecular formula is C17H14ClN2O4-. The number of ether oxygens (including phenoxy) is 1. The maximum Gasteiger partial charge on any atom is 0.279 e. The zero-order chi connectivity index (χ0) is 17.1. The topological polar surface area (TPSA) is 72.9 Å². The number of carbonyl (C=O) groups is 2. The largest absolute Gasteiger partial charge is 0.528 e. The summed E-state index contributed by atoms with van der Waals surface area (Å²) in [4.78, 5) is 24.6. The second-order valence-corrected chi connectivity index (χ2v) is 5.49. The number of carboxylic acid groups (broad SMARTS) is 1. The van der Waals surface area contributed by atoms with Gasteiger partial charge in [0, 0.05) is 12.3 Å². The standard InChI is InChI=1S/C17H15ClN2O4/c18-11-10-15-20(16(21)13-8-4-5-9-14(13)24-15)19(17(22)23)12-6-2-1-3-7-12/h1-9,15H,10-11H2,(H,22,23)/p-1. The van der Waals surface area contributed by atoms with Crippen LogP contribution in [0.4, 0.5) is 10.5 Å². The van der Waals surface area contributed by atoms with Crippen molar-refractivity contribution in [2.45, 2.75) is 12.6 Å². The fraction of sp³-hybridized carbons (Fsp3) is 0.176. The highest BCUT2D eigenvalue weighted by Crippen LogP contribution is 2.31. The molecule has 3 rings (SSSR count). The number of hydrazine groups is 1. The lowest BCUT2D eigenvalue weighted by Gasteiger charge is -2.43. The molecule has 7 heteroatoms. The van der Waals surface area contributed by atoms with E-state index in [1.54, 1.807) is 54.6 Å². The first-order valence-corrected chi connectivity index (χ1v) is 7.88.